The second kappa shape index (κ2) is 6.56. The molecule has 0 amide bonds. The van der Waals surface area contributed by atoms with Crippen LogP contribution < -0.4 is 9.47 Å². The van der Waals surface area contributed by atoms with Crippen molar-refractivity contribution in [3.05, 3.63) is 42.0 Å². The van der Waals surface area contributed by atoms with Gasteiger partial charge in [-0.05, 0) is 23.8 Å². The number of rotatable bonds is 5. The molecule has 1 saturated heterocycles. The van der Waals surface area contributed by atoms with E-state index in [4.69, 9.17) is 18.9 Å². The summed E-state index contributed by atoms with van der Waals surface area (Å²) < 4.78 is 20.8. The maximum atomic E-state index is 11.9. The molecule has 0 N–H and O–H groups in total. The fourth-order valence-corrected chi connectivity index (χ4v) is 1.99. The van der Waals surface area contributed by atoms with Crippen molar-refractivity contribution in [1.82, 2.24) is 0 Å². The molecular weight excluding hydrogens is 300 g/mol. The summed E-state index contributed by atoms with van der Waals surface area (Å²) in [5.74, 6) is -1.71. The highest BCUT2D eigenvalue weighted by atomic mass is 16.7. The number of cyclic esters (lactones) is 2. The van der Waals surface area contributed by atoms with Crippen molar-refractivity contribution in [2.45, 2.75) is 19.6 Å². The van der Waals surface area contributed by atoms with Crippen LogP contribution in [0.2, 0.25) is 0 Å². The van der Waals surface area contributed by atoms with Gasteiger partial charge in [-0.1, -0.05) is 18.7 Å². The van der Waals surface area contributed by atoms with Crippen LogP contribution in [0.15, 0.2) is 36.4 Å². The summed E-state index contributed by atoms with van der Waals surface area (Å²) in [6.45, 7) is 6.87. The van der Waals surface area contributed by atoms with Crippen LogP contribution in [0.1, 0.15) is 19.4 Å². The Morgan fingerprint density at radius 3 is 2.39 bits per heavy atom. The van der Waals surface area contributed by atoms with Gasteiger partial charge in [-0.3, -0.25) is 0 Å². The van der Waals surface area contributed by atoms with E-state index in [0.29, 0.717) is 23.7 Å². The number of ether oxygens (including phenoxy) is 4. The largest absolute Gasteiger partial charge is 0.493 e. The SMILES string of the molecule is C=CCOc1cc(C=C2C(=O)OC(C)(C)OC2=O)ccc1OC. The van der Waals surface area contributed by atoms with Crippen LogP contribution in [0, 0.1) is 0 Å². The molecule has 0 saturated carbocycles. The molecule has 0 aromatic heterocycles. The molecular formula is C17H18O6. The zero-order valence-electron chi connectivity index (χ0n) is 13.3. The quantitative estimate of drug-likeness (QED) is 0.359. The smallest absolute Gasteiger partial charge is 0.348 e. The average Bonchev–Trinajstić information content (AvgIpc) is 2.48. The molecule has 23 heavy (non-hydrogen) atoms. The van der Waals surface area contributed by atoms with Crippen molar-refractivity contribution < 1.29 is 28.5 Å². The first-order valence-corrected chi connectivity index (χ1v) is 6.96. The first-order chi connectivity index (χ1) is 10.9. The van der Waals surface area contributed by atoms with Gasteiger partial charge in [0.1, 0.15) is 12.2 Å². The van der Waals surface area contributed by atoms with E-state index in [0.717, 1.165) is 0 Å². The van der Waals surface area contributed by atoms with E-state index in [1.54, 1.807) is 24.3 Å². The van der Waals surface area contributed by atoms with Gasteiger partial charge in [-0.25, -0.2) is 9.59 Å². The van der Waals surface area contributed by atoms with Crippen LogP contribution in [-0.2, 0) is 19.1 Å². The summed E-state index contributed by atoms with van der Waals surface area (Å²) in [5.41, 5.74) is 0.401. The molecule has 1 aliphatic rings. The molecule has 1 aromatic carbocycles. The number of esters is 2. The second-order valence-electron chi connectivity index (χ2n) is 5.25. The fourth-order valence-electron chi connectivity index (χ4n) is 1.99. The van der Waals surface area contributed by atoms with E-state index in [1.165, 1.54) is 27.0 Å². The van der Waals surface area contributed by atoms with Crippen LogP contribution in [-0.4, -0.2) is 31.4 Å². The minimum absolute atomic E-state index is 0.177. The summed E-state index contributed by atoms with van der Waals surface area (Å²) in [7, 11) is 1.52. The second-order valence-corrected chi connectivity index (χ2v) is 5.25. The Morgan fingerprint density at radius 1 is 1.17 bits per heavy atom. The lowest BCUT2D eigenvalue weighted by molar-refractivity contribution is -0.222. The molecule has 0 spiro atoms. The van der Waals surface area contributed by atoms with Crippen molar-refractivity contribution in [2.24, 2.45) is 0 Å². The zero-order valence-corrected chi connectivity index (χ0v) is 13.3. The standard InChI is InChI=1S/C17H18O6/c1-5-8-21-14-10-11(6-7-13(14)20-4)9-12-15(18)22-17(2,3)23-16(12)19/h5-7,9-10H,1,8H2,2-4H3. The van der Waals surface area contributed by atoms with Crippen molar-refractivity contribution in [3.8, 4) is 11.5 Å². The molecule has 0 atom stereocenters. The van der Waals surface area contributed by atoms with Gasteiger partial charge in [0.05, 0.1) is 7.11 Å². The highest BCUT2D eigenvalue weighted by molar-refractivity contribution is 6.18. The molecule has 0 radical (unpaired) electrons. The maximum absolute atomic E-state index is 11.9. The molecule has 1 fully saturated rings. The molecule has 6 heteroatoms. The number of methoxy groups -OCH3 is 1. The lowest BCUT2D eigenvalue weighted by Gasteiger charge is -2.29. The highest BCUT2D eigenvalue weighted by Crippen LogP contribution is 2.30. The summed E-state index contributed by atoms with van der Waals surface area (Å²) >= 11 is 0. The van der Waals surface area contributed by atoms with Gasteiger partial charge in [0.25, 0.3) is 5.79 Å². The van der Waals surface area contributed by atoms with Gasteiger partial charge in [-0.2, -0.15) is 0 Å². The number of hydrogen-bond acceptors (Lipinski definition) is 6. The van der Waals surface area contributed by atoms with E-state index >= 15 is 0 Å². The molecule has 0 unspecified atom stereocenters. The fraction of sp³-hybridized carbons (Fsp3) is 0.294. The van der Waals surface area contributed by atoms with E-state index < -0.39 is 17.7 Å². The number of hydrogen-bond donors (Lipinski definition) is 0. The Bertz CT molecular complexity index is 650. The lowest BCUT2D eigenvalue weighted by atomic mass is 10.1. The van der Waals surface area contributed by atoms with E-state index in [1.807, 2.05) is 0 Å². The molecule has 122 valence electrons. The van der Waals surface area contributed by atoms with Crippen molar-refractivity contribution >= 4 is 18.0 Å². The first kappa shape index (κ1) is 16.6. The number of carbonyl (C=O) groups is 2. The van der Waals surface area contributed by atoms with Crippen molar-refractivity contribution in [2.75, 3.05) is 13.7 Å². The monoisotopic (exact) mass is 318 g/mol. The van der Waals surface area contributed by atoms with Crippen LogP contribution >= 0.6 is 0 Å². The van der Waals surface area contributed by atoms with Gasteiger partial charge in [-0.15, -0.1) is 0 Å². The molecule has 1 heterocycles. The van der Waals surface area contributed by atoms with Crippen LogP contribution in [0.4, 0.5) is 0 Å². The molecule has 1 aromatic rings. The topological polar surface area (TPSA) is 71.1 Å². The maximum Gasteiger partial charge on any atom is 0.348 e. The van der Waals surface area contributed by atoms with Crippen LogP contribution in [0.3, 0.4) is 0 Å². The Kier molecular flexibility index (Phi) is 4.74. The molecule has 6 nitrogen and oxygen atoms in total. The summed E-state index contributed by atoms with van der Waals surface area (Å²) in [4.78, 5) is 23.9. The highest BCUT2D eigenvalue weighted by Gasteiger charge is 2.38. The normalized spacial score (nSPS) is 16.2. The lowest BCUT2D eigenvalue weighted by Crippen LogP contribution is -2.41. The zero-order chi connectivity index (χ0) is 17.0. The molecule has 1 aliphatic heterocycles. The van der Waals surface area contributed by atoms with E-state index in [9.17, 15) is 9.59 Å². The Labute approximate surface area is 134 Å². The van der Waals surface area contributed by atoms with Gasteiger partial charge in [0.15, 0.2) is 11.5 Å². The Morgan fingerprint density at radius 2 is 1.83 bits per heavy atom. The van der Waals surface area contributed by atoms with Crippen molar-refractivity contribution in [1.29, 1.82) is 0 Å². The third-order valence-electron chi connectivity index (χ3n) is 2.97. The minimum atomic E-state index is -1.26. The molecule has 0 bridgehead atoms. The summed E-state index contributed by atoms with van der Waals surface area (Å²) in [6.07, 6.45) is 2.99. The molecule has 2 rings (SSSR count). The van der Waals surface area contributed by atoms with Gasteiger partial charge in [0.2, 0.25) is 0 Å². The molecule has 0 aliphatic carbocycles. The van der Waals surface area contributed by atoms with E-state index in [2.05, 4.69) is 6.58 Å². The van der Waals surface area contributed by atoms with Crippen molar-refractivity contribution in [3.63, 3.8) is 0 Å². The Balaban J connectivity index is 2.33. The summed E-state index contributed by atoms with van der Waals surface area (Å²) in [6, 6.07) is 5.01. The third-order valence-corrected chi connectivity index (χ3v) is 2.97. The van der Waals surface area contributed by atoms with Crippen LogP contribution in [0.5, 0.6) is 11.5 Å². The third kappa shape index (κ3) is 3.91. The average molecular weight is 318 g/mol. The van der Waals surface area contributed by atoms with Gasteiger partial charge < -0.3 is 18.9 Å². The number of benzene rings is 1. The minimum Gasteiger partial charge on any atom is -0.493 e. The van der Waals surface area contributed by atoms with Gasteiger partial charge >= 0.3 is 11.9 Å². The summed E-state index contributed by atoms with van der Waals surface area (Å²) in [5, 5.41) is 0. The predicted octanol–water partition coefficient (Wildman–Crippen LogP) is 2.48. The Hall–Kier alpha value is -2.76. The number of carbonyl (C=O) groups excluding carboxylic acids is 2. The van der Waals surface area contributed by atoms with Crippen LogP contribution in [0.25, 0.3) is 6.08 Å². The van der Waals surface area contributed by atoms with Gasteiger partial charge in [0, 0.05) is 13.8 Å². The first-order valence-electron chi connectivity index (χ1n) is 6.96. The van der Waals surface area contributed by atoms with E-state index in [-0.39, 0.29) is 5.57 Å². The predicted molar refractivity (Wildman–Crippen MR) is 82.9 cm³/mol.